The third kappa shape index (κ3) is 3.97. The summed E-state index contributed by atoms with van der Waals surface area (Å²) in [5.41, 5.74) is 2.92. The molecule has 1 atom stereocenters. The van der Waals surface area contributed by atoms with Gasteiger partial charge in [0.2, 0.25) is 0 Å². The Labute approximate surface area is 216 Å². The number of nitrogens with zero attached hydrogens (tertiary/aromatic N) is 3. The zero-order chi connectivity index (χ0) is 26.3. The molecule has 0 N–H and O–H groups in total. The Kier molecular flexibility index (Phi) is 6.47. The molecule has 5 rings (SSSR count). The maximum absolute atomic E-state index is 13.7. The summed E-state index contributed by atoms with van der Waals surface area (Å²) < 4.78 is 23.9. The highest BCUT2D eigenvalue weighted by Crippen LogP contribution is 2.49. The lowest BCUT2D eigenvalue weighted by atomic mass is 9.82. The minimum absolute atomic E-state index is 0.00209. The van der Waals surface area contributed by atoms with Crippen LogP contribution in [0.4, 0.5) is 9.32 Å². The summed E-state index contributed by atoms with van der Waals surface area (Å²) in [4.78, 5) is 36.3. The van der Waals surface area contributed by atoms with Crippen molar-refractivity contribution in [3.63, 3.8) is 0 Å². The summed E-state index contributed by atoms with van der Waals surface area (Å²) in [7, 11) is 3.27. The fraction of sp³-hybridized carbons (Fsp3) is 0.429. The average Bonchev–Trinajstić information content (AvgIpc) is 3.03. The fourth-order valence-electron chi connectivity index (χ4n) is 6.20. The molecule has 2 fully saturated rings. The molecule has 0 radical (unpaired) electrons. The second-order valence-corrected chi connectivity index (χ2v) is 9.78. The standard InChI is InChI=1S/C28H32FN3O5/c1-5-32-27(34)31-17-20-15-22(35-3)16-23(36-4)25(20)18(2)13-24(31)28(32)9-11-30(12-10-28)26(33)19-7-6-8-21(14-19)37-29/h6-8,13-16,18H,5,9-12,17H2,1-4H3/t18-/m0/s1. The number of amides is 3. The molecular weight excluding hydrogens is 477 g/mol. The lowest BCUT2D eigenvalue weighted by Crippen LogP contribution is -2.54. The van der Waals surface area contributed by atoms with E-state index >= 15 is 0 Å². The molecule has 0 aliphatic carbocycles. The molecule has 196 valence electrons. The van der Waals surface area contributed by atoms with Gasteiger partial charge < -0.3 is 19.3 Å². The first kappa shape index (κ1) is 24.9. The van der Waals surface area contributed by atoms with Crippen molar-refractivity contribution in [3.05, 3.63) is 64.9 Å². The second-order valence-electron chi connectivity index (χ2n) is 9.78. The van der Waals surface area contributed by atoms with Crippen molar-refractivity contribution in [2.45, 2.75) is 44.7 Å². The Balaban J connectivity index is 1.47. The Bertz CT molecular complexity index is 1250. The van der Waals surface area contributed by atoms with Crippen LogP contribution in [0.3, 0.4) is 0 Å². The number of carbonyl (C=O) groups is 2. The van der Waals surface area contributed by atoms with Gasteiger partial charge in [0.05, 0.1) is 26.3 Å². The van der Waals surface area contributed by atoms with Crippen LogP contribution < -0.4 is 14.4 Å². The molecule has 3 heterocycles. The van der Waals surface area contributed by atoms with Gasteiger partial charge in [0.25, 0.3) is 5.91 Å². The van der Waals surface area contributed by atoms with Crippen molar-refractivity contribution in [2.24, 2.45) is 0 Å². The van der Waals surface area contributed by atoms with E-state index in [9.17, 15) is 14.1 Å². The van der Waals surface area contributed by atoms with Crippen LogP contribution in [0.15, 0.2) is 48.2 Å². The van der Waals surface area contributed by atoms with E-state index in [1.54, 1.807) is 31.3 Å². The van der Waals surface area contributed by atoms with E-state index in [0.717, 1.165) is 22.6 Å². The number of benzene rings is 2. The van der Waals surface area contributed by atoms with Gasteiger partial charge in [0, 0.05) is 53.0 Å². The third-order valence-corrected chi connectivity index (χ3v) is 7.96. The first-order chi connectivity index (χ1) is 17.9. The molecule has 0 unspecified atom stereocenters. The SMILES string of the molecule is CCN1C(=O)N2Cc3cc(OC)cc(OC)c3[C@@H](C)C=C2C12CCN(C(=O)c1cccc(OF)c1)CC2. The van der Waals surface area contributed by atoms with Gasteiger partial charge >= 0.3 is 6.03 Å². The number of urea groups is 1. The summed E-state index contributed by atoms with van der Waals surface area (Å²) >= 11 is 0. The van der Waals surface area contributed by atoms with Gasteiger partial charge in [-0.3, -0.25) is 14.6 Å². The molecule has 3 amide bonds. The summed E-state index contributed by atoms with van der Waals surface area (Å²) in [6, 6.07) is 9.95. The Morgan fingerprint density at radius 3 is 2.51 bits per heavy atom. The van der Waals surface area contributed by atoms with Crippen LogP contribution in [0.1, 0.15) is 54.1 Å². The molecule has 1 spiro atoms. The average molecular weight is 510 g/mol. The molecule has 2 saturated heterocycles. The summed E-state index contributed by atoms with van der Waals surface area (Å²) in [6.45, 7) is 6.07. The lowest BCUT2D eigenvalue weighted by molar-refractivity contribution is -0.00632. The van der Waals surface area contributed by atoms with Crippen molar-refractivity contribution in [1.29, 1.82) is 0 Å². The van der Waals surface area contributed by atoms with E-state index in [1.807, 2.05) is 28.9 Å². The smallest absolute Gasteiger partial charge is 0.325 e. The highest BCUT2D eigenvalue weighted by atomic mass is 19.3. The maximum atomic E-state index is 13.7. The number of likely N-dealkylation sites (tertiary alicyclic amines) is 1. The van der Waals surface area contributed by atoms with Gasteiger partial charge in [-0.25, -0.2) is 4.79 Å². The minimum Gasteiger partial charge on any atom is -0.497 e. The van der Waals surface area contributed by atoms with Gasteiger partial charge in [0.15, 0.2) is 5.75 Å². The number of fused-ring (bicyclic) bond motifs is 3. The highest BCUT2D eigenvalue weighted by molar-refractivity contribution is 5.94. The molecule has 3 aliphatic heterocycles. The first-order valence-electron chi connectivity index (χ1n) is 12.6. The number of halogens is 1. The first-order valence-corrected chi connectivity index (χ1v) is 12.6. The normalized spacial score (nSPS) is 20.2. The number of carbonyl (C=O) groups excluding carboxylic acids is 2. The number of likely N-dealkylation sites (N-methyl/N-ethyl adjacent to an activating group) is 1. The number of piperidine rings is 1. The quantitative estimate of drug-likeness (QED) is 0.573. The monoisotopic (exact) mass is 509 g/mol. The van der Waals surface area contributed by atoms with Gasteiger partial charge in [-0.05, 0) is 49.6 Å². The predicted octanol–water partition coefficient (Wildman–Crippen LogP) is 4.90. The summed E-state index contributed by atoms with van der Waals surface area (Å²) in [5, 5.41) is 0. The van der Waals surface area contributed by atoms with Gasteiger partial charge in [-0.2, -0.15) is 0 Å². The Hall–Kier alpha value is -3.75. The largest absolute Gasteiger partial charge is 0.497 e. The Morgan fingerprint density at radius 2 is 1.86 bits per heavy atom. The molecule has 0 aromatic heterocycles. The van der Waals surface area contributed by atoms with Crippen molar-refractivity contribution in [2.75, 3.05) is 33.9 Å². The van der Waals surface area contributed by atoms with E-state index in [4.69, 9.17) is 9.47 Å². The summed E-state index contributed by atoms with van der Waals surface area (Å²) in [5.74, 6) is 1.27. The van der Waals surface area contributed by atoms with Crippen molar-refractivity contribution in [3.8, 4) is 17.2 Å². The van der Waals surface area contributed by atoms with E-state index < -0.39 is 5.54 Å². The molecule has 2 aromatic carbocycles. The van der Waals surface area contributed by atoms with Crippen LogP contribution in [0.2, 0.25) is 0 Å². The van der Waals surface area contributed by atoms with Gasteiger partial charge in [-0.1, -0.05) is 19.1 Å². The van der Waals surface area contributed by atoms with Crippen molar-refractivity contribution in [1.82, 2.24) is 14.7 Å². The second kappa shape index (κ2) is 9.61. The Morgan fingerprint density at radius 1 is 1.11 bits per heavy atom. The van der Waals surface area contributed by atoms with Crippen molar-refractivity contribution >= 4 is 11.9 Å². The molecule has 8 nitrogen and oxygen atoms in total. The molecular formula is C28H32FN3O5. The molecule has 0 saturated carbocycles. The van der Waals surface area contributed by atoms with E-state index in [2.05, 4.69) is 17.9 Å². The van der Waals surface area contributed by atoms with E-state index in [0.29, 0.717) is 50.3 Å². The van der Waals surface area contributed by atoms with Crippen LogP contribution in [-0.4, -0.2) is 66.0 Å². The zero-order valence-corrected chi connectivity index (χ0v) is 21.6. The van der Waals surface area contributed by atoms with Crippen LogP contribution in [-0.2, 0) is 6.54 Å². The molecule has 3 aliphatic rings. The number of ether oxygens (including phenoxy) is 2. The fourth-order valence-corrected chi connectivity index (χ4v) is 6.20. The van der Waals surface area contributed by atoms with E-state index in [-0.39, 0.29) is 23.6 Å². The van der Waals surface area contributed by atoms with Crippen molar-refractivity contribution < 1.29 is 28.5 Å². The highest BCUT2D eigenvalue weighted by Gasteiger charge is 2.55. The zero-order valence-electron chi connectivity index (χ0n) is 21.6. The van der Waals surface area contributed by atoms with Crippen LogP contribution in [0.5, 0.6) is 17.2 Å². The minimum atomic E-state index is -0.500. The predicted molar refractivity (Wildman–Crippen MR) is 135 cm³/mol. The lowest BCUT2D eigenvalue weighted by Gasteiger charge is -2.44. The van der Waals surface area contributed by atoms with Crippen LogP contribution >= 0.6 is 0 Å². The third-order valence-electron chi connectivity index (χ3n) is 7.96. The topological polar surface area (TPSA) is 71.6 Å². The summed E-state index contributed by atoms with van der Waals surface area (Å²) in [6.07, 6.45) is 3.42. The molecule has 37 heavy (non-hydrogen) atoms. The number of hydrogen-bond acceptors (Lipinski definition) is 5. The molecule has 2 aromatic rings. The van der Waals surface area contributed by atoms with E-state index in [1.165, 1.54) is 12.1 Å². The van der Waals surface area contributed by atoms with Gasteiger partial charge in [0.1, 0.15) is 11.5 Å². The molecule has 0 bridgehead atoms. The number of methoxy groups -OCH3 is 2. The molecule has 9 heteroatoms. The van der Waals surface area contributed by atoms with Crippen LogP contribution in [0, 0.1) is 0 Å². The van der Waals surface area contributed by atoms with Crippen LogP contribution in [0.25, 0.3) is 0 Å². The number of rotatable bonds is 5. The maximum Gasteiger partial charge on any atom is 0.325 e. The number of hydrogen-bond donors (Lipinski definition) is 0. The number of allylic oxidation sites excluding steroid dienone is 1. The van der Waals surface area contributed by atoms with Gasteiger partial charge in [-0.15, -0.1) is 0 Å².